The number of nitrogens with one attached hydrogen (secondary N) is 1. The molecule has 0 bridgehead atoms. The third-order valence-corrected chi connectivity index (χ3v) is 4.31. The third-order valence-electron chi connectivity index (χ3n) is 4.31. The SMILES string of the molecule is Cc1cccc(N2CCN(CC(=O)Nc3cc(F)ccc3F)CC2)c1. The van der Waals surface area contributed by atoms with Crippen molar-refractivity contribution in [1.82, 2.24) is 4.90 Å². The summed E-state index contributed by atoms with van der Waals surface area (Å²) in [5.74, 6) is -1.56. The zero-order valence-corrected chi connectivity index (χ0v) is 14.1. The number of carbonyl (C=O) groups is 1. The van der Waals surface area contributed by atoms with E-state index in [4.69, 9.17) is 0 Å². The minimum atomic E-state index is -0.640. The molecule has 1 aliphatic rings. The Morgan fingerprint density at radius 2 is 1.84 bits per heavy atom. The van der Waals surface area contributed by atoms with Crippen LogP contribution in [0.2, 0.25) is 0 Å². The van der Waals surface area contributed by atoms with E-state index in [2.05, 4.69) is 35.3 Å². The number of benzene rings is 2. The molecule has 1 aliphatic heterocycles. The van der Waals surface area contributed by atoms with Gasteiger partial charge in [-0.2, -0.15) is 0 Å². The van der Waals surface area contributed by atoms with E-state index < -0.39 is 11.6 Å². The van der Waals surface area contributed by atoms with Crippen molar-refractivity contribution in [3.05, 3.63) is 59.7 Å². The minimum absolute atomic E-state index is 0.122. The van der Waals surface area contributed by atoms with Crippen LogP contribution in [0.5, 0.6) is 0 Å². The molecule has 4 nitrogen and oxygen atoms in total. The maximum atomic E-state index is 13.6. The summed E-state index contributed by atoms with van der Waals surface area (Å²) in [6.45, 7) is 5.36. The zero-order chi connectivity index (χ0) is 17.8. The van der Waals surface area contributed by atoms with Gasteiger partial charge in [0.15, 0.2) is 0 Å². The van der Waals surface area contributed by atoms with Crippen LogP contribution in [0.1, 0.15) is 5.56 Å². The van der Waals surface area contributed by atoms with E-state index in [9.17, 15) is 13.6 Å². The van der Waals surface area contributed by atoms with E-state index in [0.29, 0.717) is 0 Å². The molecule has 0 aromatic heterocycles. The molecule has 2 aromatic carbocycles. The van der Waals surface area contributed by atoms with Crippen molar-refractivity contribution in [2.24, 2.45) is 0 Å². The third kappa shape index (κ3) is 4.54. The first-order valence-electron chi connectivity index (χ1n) is 8.30. The van der Waals surface area contributed by atoms with E-state index in [1.54, 1.807) is 0 Å². The van der Waals surface area contributed by atoms with Crippen molar-refractivity contribution in [3.63, 3.8) is 0 Å². The summed E-state index contributed by atoms with van der Waals surface area (Å²) in [6, 6.07) is 11.4. The van der Waals surface area contributed by atoms with E-state index in [1.807, 2.05) is 11.0 Å². The Morgan fingerprint density at radius 3 is 2.56 bits per heavy atom. The average Bonchev–Trinajstić information content (AvgIpc) is 2.59. The van der Waals surface area contributed by atoms with E-state index >= 15 is 0 Å². The standard InChI is InChI=1S/C19H21F2N3O/c1-14-3-2-4-16(11-14)24-9-7-23(8-10-24)13-19(25)22-18-12-15(20)5-6-17(18)21/h2-6,11-12H,7-10,13H2,1H3,(H,22,25). The molecular formula is C19H21F2N3O. The van der Waals surface area contributed by atoms with E-state index in [0.717, 1.165) is 44.4 Å². The van der Waals surface area contributed by atoms with Crippen molar-refractivity contribution < 1.29 is 13.6 Å². The number of hydrogen-bond donors (Lipinski definition) is 1. The summed E-state index contributed by atoms with van der Waals surface area (Å²) >= 11 is 0. The molecule has 0 aliphatic carbocycles. The first kappa shape index (κ1) is 17.4. The molecule has 25 heavy (non-hydrogen) atoms. The Bertz CT molecular complexity index is 758. The Kier molecular flexibility index (Phi) is 5.28. The van der Waals surface area contributed by atoms with Gasteiger partial charge in [0, 0.05) is 37.9 Å². The number of halogens is 2. The summed E-state index contributed by atoms with van der Waals surface area (Å²) in [6.07, 6.45) is 0. The van der Waals surface area contributed by atoms with Gasteiger partial charge in [-0.1, -0.05) is 12.1 Å². The summed E-state index contributed by atoms with van der Waals surface area (Å²) in [7, 11) is 0. The predicted molar refractivity (Wildman–Crippen MR) is 94.8 cm³/mol. The maximum Gasteiger partial charge on any atom is 0.238 e. The number of amides is 1. The lowest BCUT2D eigenvalue weighted by atomic mass is 10.2. The summed E-state index contributed by atoms with van der Waals surface area (Å²) in [4.78, 5) is 16.4. The molecule has 0 radical (unpaired) electrons. The molecule has 0 unspecified atom stereocenters. The Hall–Kier alpha value is -2.47. The average molecular weight is 345 g/mol. The lowest BCUT2D eigenvalue weighted by molar-refractivity contribution is -0.117. The number of aryl methyl sites for hydroxylation is 1. The molecule has 132 valence electrons. The molecule has 1 N–H and O–H groups in total. The molecule has 3 rings (SSSR count). The minimum Gasteiger partial charge on any atom is -0.369 e. The fourth-order valence-electron chi connectivity index (χ4n) is 2.97. The second-order valence-electron chi connectivity index (χ2n) is 6.27. The lowest BCUT2D eigenvalue weighted by Gasteiger charge is -2.35. The van der Waals surface area contributed by atoms with Gasteiger partial charge in [0.05, 0.1) is 12.2 Å². The molecule has 1 amide bonds. The van der Waals surface area contributed by atoms with Crippen LogP contribution in [0.4, 0.5) is 20.2 Å². The largest absolute Gasteiger partial charge is 0.369 e. The fraction of sp³-hybridized carbons (Fsp3) is 0.316. The number of rotatable bonds is 4. The van der Waals surface area contributed by atoms with Crippen molar-refractivity contribution >= 4 is 17.3 Å². The van der Waals surface area contributed by atoms with Crippen molar-refractivity contribution in [2.45, 2.75) is 6.92 Å². The number of carbonyl (C=O) groups excluding carboxylic acids is 1. The van der Waals surface area contributed by atoms with Crippen molar-refractivity contribution in [3.8, 4) is 0 Å². The lowest BCUT2D eigenvalue weighted by Crippen LogP contribution is -2.48. The number of hydrogen-bond acceptors (Lipinski definition) is 3. The van der Waals surface area contributed by atoms with Crippen LogP contribution in [0.15, 0.2) is 42.5 Å². The van der Waals surface area contributed by atoms with Crippen molar-refractivity contribution in [2.75, 3.05) is 42.9 Å². The van der Waals surface area contributed by atoms with Crippen LogP contribution in [-0.4, -0.2) is 43.5 Å². The second kappa shape index (κ2) is 7.61. The normalized spacial score (nSPS) is 15.2. The van der Waals surface area contributed by atoms with Gasteiger partial charge in [0.2, 0.25) is 5.91 Å². The van der Waals surface area contributed by atoms with Crippen LogP contribution in [-0.2, 0) is 4.79 Å². The summed E-state index contributed by atoms with van der Waals surface area (Å²) in [5.41, 5.74) is 2.28. The van der Waals surface area contributed by atoms with Crippen LogP contribution in [0.25, 0.3) is 0 Å². The van der Waals surface area contributed by atoms with Gasteiger partial charge in [-0.25, -0.2) is 8.78 Å². The van der Waals surface area contributed by atoms with Crippen LogP contribution < -0.4 is 10.2 Å². The van der Waals surface area contributed by atoms with Gasteiger partial charge in [-0.15, -0.1) is 0 Å². The highest BCUT2D eigenvalue weighted by atomic mass is 19.1. The van der Waals surface area contributed by atoms with Gasteiger partial charge in [-0.3, -0.25) is 9.69 Å². The van der Waals surface area contributed by atoms with Crippen LogP contribution >= 0.6 is 0 Å². The van der Waals surface area contributed by atoms with Crippen LogP contribution in [0.3, 0.4) is 0 Å². The van der Waals surface area contributed by atoms with Crippen molar-refractivity contribution in [1.29, 1.82) is 0 Å². The molecule has 0 atom stereocenters. The first-order valence-corrected chi connectivity index (χ1v) is 8.30. The number of nitrogens with zero attached hydrogens (tertiary/aromatic N) is 2. The van der Waals surface area contributed by atoms with Gasteiger partial charge >= 0.3 is 0 Å². The van der Waals surface area contributed by atoms with Gasteiger partial charge in [0.1, 0.15) is 11.6 Å². The molecule has 1 fully saturated rings. The fourth-order valence-corrected chi connectivity index (χ4v) is 2.97. The zero-order valence-electron chi connectivity index (χ0n) is 14.1. The Morgan fingerprint density at radius 1 is 1.08 bits per heavy atom. The Labute approximate surface area is 146 Å². The highest BCUT2D eigenvalue weighted by molar-refractivity contribution is 5.92. The highest BCUT2D eigenvalue weighted by Gasteiger charge is 2.19. The quantitative estimate of drug-likeness (QED) is 0.925. The monoisotopic (exact) mass is 345 g/mol. The van der Waals surface area contributed by atoms with Gasteiger partial charge < -0.3 is 10.2 Å². The molecule has 2 aromatic rings. The van der Waals surface area contributed by atoms with E-state index in [1.165, 1.54) is 11.3 Å². The second-order valence-corrected chi connectivity index (χ2v) is 6.27. The smallest absolute Gasteiger partial charge is 0.238 e. The maximum absolute atomic E-state index is 13.6. The Balaban J connectivity index is 1.52. The number of anilines is 2. The van der Waals surface area contributed by atoms with Gasteiger partial charge in [0.25, 0.3) is 0 Å². The molecule has 6 heteroatoms. The summed E-state index contributed by atoms with van der Waals surface area (Å²) < 4.78 is 26.7. The highest BCUT2D eigenvalue weighted by Crippen LogP contribution is 2.18. The topological polar surface area (TPSA) is 35.6 Å². The van der Waals surface area contributed by atoms with E-state index in [-0.39, 0.29) is 18.1 Å². The number of piperazine rings is 1. The molecule has 0 spiro atoms. The van der Waals surface area contributed by atoms with Gasteiger partial charge in [-0.05, 0) is 36.8 Å². The molecule has 0 saturated carbocycles. The summed E-state index contributed by atoms with van der Waals surface area (Å²) in [5, 5.41) is 2.44. The molecular weight excluding hydrogens is 324 g/mol. The van der Waals surface area contributed by atoms with Crippen LogP contribution in [0, 0.1) is 18.6 Å². The molecule has 1 saturated heterocycles. The molecule has 1 heterocycles. The first-order chi connectivity index (χ1) is 12.0. The predicted octanol–water partition coefficient (Wildman–Crippen LogP) is 3.03.